The largest absolute Gasteiger partial charge is 0.493 e. The molecule has 0 fully saturated rings. The fourth-order valence-electron chi connectivity index (χ4n) is 2.82. The second-order valence-electron chi connectivity index (χ2n) is 5.93. The van der Waals surface area contributed by atoms with Gasteiger partial charge >= 0.3 is 0 Å². The molecule has 4 aromatic rings. The van der Waals surface area contributed by atoms with E-state index >= 15 is 0 Å². The lowest BCUT2D eigenvalue weighted by Crippen LogP contribution is -2.24. The Balaban J connectivity index is 1.39. The highest BCUT2D eigenvalue weighted by atomic mass is 32.2. The molecule has 1 N–H and O–H groups in total. The molecule has 0 aliphatic heterocycles. The number of nitrogens with zero attached hydrogens (tertiary/aromatic N) is 3. The fourth-order valence-corrected chi connectivity index (χ4v) is 4.62. The summed E-state index contributed by atoms with van der Waals surface area (Å²) in [4.78, 5) is 13.1. The van der Waals surface area contributed by atoms with E-state index in [2.05, 4.69) is 21.6 Å². The quantitative estimate of drug-likeness (QED) is 0.467. The van der Waals surface area contributed by atoms with Gasteiger partial charge < -0.3 is 14.8 Å². The van der Waals surface area contributed by atoms with Gasteiger partial charge in [-0.05, 0) is 29.8 Å². The van der Waals surface area contributed by atoms with Gasteiger partial charge in [0.25, 0.3) is 0 Å². The van der Waals surface area contributed by atoms with Gasteiger partial charge in [0.05, 0.1) is 30.2 Å². The van der Waals surface area contributed by atoms with Crippen LogP contribution in [0, 0.1) is 0 Å². The van der Waals surface area contributed by atoms with Crippen molar-refractivity contribution in [2.24, 2.45) is 0 Å². The minimum Gasteiger partial charge on any atom is -0.493 e. The van der Waals surface area contributed by atoms with E-state index in [0.717, 1.165) is 20.7 Å². The van der Waals surface area contributed by atoms with E-state index in [1.165, 1.54) is 11.8 Å². The summed E-state index contributed by atoms with van der Waals surface area (Å²) >= 11 is 2.96. The van der Waals surface area contributed by atoms with E-state index in [4.69, 9.17) is 9.47 Å². The van der Waals surface area contributed by atoms with Crippen molar-refractivity contribution in [3.8, 4) is 11.5 Å². The Kier molecular flexibility index (Phi) is 5.36. The van der Waals surface area contributed by atoms with E-state index in [0.29, 0.717) is 23.2 Å². The minimum absolute atomic E-state index is 0.0731. The number of ether oxygens (including phenoxy) is 2. The first-order chi connectivity index (χ1) is 13.7. The number of methoxy groups -OCH3 is 2. The lowest BCUT2D eigenvalue weighted by molar-refractivity contribution is -0.118. The van der Waals surface area contributed by atoms with Gasteiger partial charge in [-0.2, -0.15) is 0 Å². The standard InChI is InChI=1S/C19H18N4O3S2/c1-25-14-8-7-12(9-15(14)26-2)10-20-17(24)11-27-18-21-22-19-23(18)13-5-3-4-6-16(13)28-19/h3-9H,10-11H2,1-2H3,(H,20,24). The molecule has 0 aliphatic rings. The first-order valence-corrected chi connectivity index (χ1v) is 10.3. The Hall–Kier alpha value is -2.78. The number of benzene rings is 2. The number of hydrogen-bond acceptors (Lipinski definition) is 7. The highest BCUT2D eigenvalue weighted by Gasteiger charge is 2.14. The van der Waals surface area contributed by atoms with Gasteiger partial charge in [0.15, 0.2) is 16.7 Å². The monoisotopic (exact) mass is 414 g/mol. The predicted octanol–water partition coefficient (Wildman–Crippen LogP) is 3.37. The second-order valence-corrected chi connectivity index (χ2v) is 7.88. The Bertz CT molecular complexity index is 1140. The number of thioether (sulfide) groups is 1. The molecular formula is C19H18N4O3S2. The van der Waals surface area contributed by atoms with Crippen molar-refractivity contribution < 1.29 is 14.3 Å². The summed E-state index contributed by atoms with van der Waals surface area (Å²) in [6.45, 7) is 0.413. The van der Waals surface area contributed by atoms with Crippen LogP contribution < -0.4 is 14.8 Å². The molecule has 0 saturated carbocycles. The lowest BCUT2D eigenvalue weighted by Gasteiger charge is -2.10. The fraction of sp³-hybridized carbons (Fsp3) is 0.211. The number of carbonyl (C=O) groups excluding carboxylic acids is 1. The normalized spacial score (nSPS) is 11.1. The molecule has 1 amide bonds. The van der Waals surface area contributed by atoms with E-state index in [1.54, 1.807) is 25.6 Å². The van der Waals surface area contributed by atoms with Crippen LogP contribution in [0.25, 0.3) is 15.2 Å². The highest BCUT2D eigenvalue weighted by Crippen LogP contribution is 2.29. The summed E-state index contributed by atoms with van der Waals surface area (Å²) in [6, 6.07) is 13.6. The van der Waals surface area contributed by atoms with Gasteiger partial charge in [0, 0.05) is 6.54 Å². The summed E-state index contributed by atoms with van der Waals surface area (Å²) in [5, 5.41) is 12.1. The van der Waals surface area contributed by atoms with Crippen LogP contribution in [0.3, 0.4) is 0 Å². The molecule has 0 spiro atoms. The van der Waals surface area contributed by atoms with Gasteiger partial charge in [0.2, 0.25) is 10.9 Å². The van der Waals surface area contributed by atoms with Crippen LogP contribution in [0.4, 0.5) is 0 Å². The molecule has 28 heavy (non-hydrogen) atoms. The zero-order valence-corrected chi connectivity index (χ0v) is 17.0. The molecule has 0 atom stereocenters. The van der Waals surface area contributed by atoms with E-state index in [9.17, 15) is 4.79 Å². The SMILES string of the molecule is COc1ccc(CNC(=O)CSc2nnc3sc4ccccc4n23)cc1OC. The zero-order valence-electron chi connectivity index (χ0n) is 15.3. The molecule has 0 aliphatic carbocycles. The van der Waals surface area contributed by atoms with Crippen LogP contribution >= 0.6 is 23.1 Å². The molecule has 2 aromatic carbocycles. The second kappa shape index (κ2) is 8.07. The number of rotatable bonds is 7. The maximum absolute atomic E-state index is 12.3. The maximum Gasteiger partial charge on any atom is 0.230 e. The van der Waals surface area contributed by atoms with Crippen molar-refractivity contribution in [1.82, 2.24) is 19.9 Å². The van der Waals surface area contributed by atoms with E-state index in [1.807, 2.05) is 40.8 Å². The summed E-state index contributed by atoms with van der Waals surface area (Å²) in [6.07, 6.45) is 0. The van der Waals surface area contributed by atoms with Crippen molar-refractivity contribution in [3.05, 3.63) is 48.0 Å². The van der Waals surface area contributed by atoms with E-state index < -0.39 is 0 Å². The van der Waals surface area contributed by atoms with E-state index in [-0.39, 0.29) is 11.7 Å². The summed E-state index contributed by atoms with van der Waals surface area (Å²) in [5.41, 5.74) is 1.99. The first kappa shape index (κ1) is 18.6. The number of nitrogens with one attached hydrogen (secondary N) is 1. The smallest absolute Gasteiger partial charge is 0.230 e. The van der Waals surface area contributed by atoms with Crippen molar-refractivity contribution in [2.45, 2.75) is 11.7 Å². The zero-order chi connectivity index (χ0) is 19.5. The van der Waals surface area contributed by atoms with Crippen molar-refractivity contribution in [2.75, 3.05) is 20.0 Å². The number of carbonyl (C=O) groups is 1. The Morgan fingerprint density at radius 1 is 1.14 bits per heavy atom. The van der Waals surface area contributed by atoms with Gasteiger partial charge in [0.1, 0.15) is 0 Å². The number of para-hydroxylation sites is 1. The van der Waals surface area contributed by atoms with Gasteiger partial charge in [-0.25, -0.2) is 0 Å². The molecule has 4 rings (SSSR count). The van der Waals surface area contributed by atoms with Crippen LogP contribution in [0.2, 0.25) is 0 Å². The molecule has 9 heteroatoms. The van der Waals surface area contributed by atoms with Crippen LogP contribution in [-0.2, 0) is 11.3 Å². The summed E-state index contributed by atoms with van der Waals surface area (Å²) in [5.74, 6) is 1.49. The Morgan fingerprint density at radius 2 is 1.96 bits per heavy atom. The third kappa shape index (κ3) is 3.63. The third-order valence-electron chi connectivity index (χ3n) is 4.18. The topological polar surface area (TPSA) is 77.8 Å². The predicted molar refractivity (Wildman–Crippen MR) is 110 cm³/mol. The maximum atomic E-state index is 12.3. The van der Waals surface area contributed by atoms with Crippen LogP contribution in [0.1, 0.15) is 5.56 Å². The van der Waals surface area contributed by atoms with Crippen LogP contribution in [0.15, 0.2) is 47.6 Å². The number of thiazole rings is 1. The van der Waals surface area contributed by atoms with Crippen molar-refractivity contribution in [1.29, 1.82) is 0 Å². The van der Waals surface area contributed by atoms with Gasteiger partial charge in [-0.3, -0.25) is 9.20 Å². The Morgan fingerprint density at radius 3 is 2.79 bits per heavy atom. The van der Waals surface area contributed by atoms with Gasteiger partial charge in [-0.15, -0.1) is 10.2 Å². The molecule has 2 aromatic heterocycles. The molecule has 2 heterocycles. The average molecular weight is 415 g/mol. The minimum atomic E-state index is -0.0731. The highest BCUT2D eigenvalue weighted by molar-refractivity contribution is 7.99. The molecule has 144 valence electrons. The van der Waals surface area contributed by atoms with Crippen LogP contribution in [-0.4, -0.2) is 40.5 Å². The molecule has 0 bridgehead atoms. The number of amides is 1. The molecule has 7 nitrogen and oxygen atoms in total. The molecule has 0 saturated heterocycles. The summed E-state index contributed by atoms with van der Waals surface area (Å²) < 4.78 is 13.7. The molecule has 0 unspecified atom stereocenters. The number of aromatic nitrogens is 3. The van der Waals surface area contributed by atoms with Gasteiger partial charge in [-0.1, -0.05) is 41.3 Å². The molecular weight excluding hydrogens is 396 g/mol. The average Bonchev–Trinajstić information content (AvgIpc) is 3.29. The molecule has 0 radical (unpaired) electrons. The number of hydrogen-bond donors (Lipinski definition) is 1. The number of fused-ring (bicyclic) bond motifs is 3. The van der Waals surface area contributed by atoms with Crippen molar-refractivity contribution in [3.63, 3.8) is 0 Å². The first-order valence-electron chi connectivity index (χ1n) is 8.52. The van der Waals surface area contributed by atoms with Crippen molar-refractivity contribution >= 4 is 44.2 Å². The summed E-state index contributed by atoms with van der Waals surface area (Å²) in [7, 11) is 3.18. The Labute approximate surface area is 169 Å². The lowest BCUT2D eigenvalue weighted by atomic mass is 10.2. The third-order valence-corrected chi connectivity index (χ3v) is 6.12. The van der Waals surface area contributed by atoms with Crippen LogP contribution in [0.5, 0.6) is 11.5 Å².